The second-order valence-electron chi connectivity index (χ2n) is 21.3. The second-order valence-corrected chi connectivity index (χ2v) is 21.3. The minimum Gasteiger partial charge on any atom is -0.445 e. The zero-order chi connectivity index (χ0) is 52.9. The average molecular weight is 989 g/mol. The van der Waals surface area contributed by atoms with E-state index in [1.807, 2.05) is 41.5 Å². The van der Waals surface area contributed by atoms with Gasteiger partial charge in [-0.2, -0.15) is 0 Å². The van der Waals surface area contributed by atoms with E-state index < -0.39 is 23.9 Å². The van der Waals surface area contributed by atoms with E-state index in [1.165, 1.54) is 0 Å². The molecule has 0 aromatic heterocycles. The summed E-state index contributed by atoms with van der Waals surface area (Å²) in [4.78, 5) is 83.9. The number of hydrogen-bond acceptors (Lipinski definition) is 12. The number of amides is 3. The Morgan fingerprint density at radius 3 is 0.971 bits per heavy atom. The molecule has 15 nitrogen and oxygen atoms in total. The number of hydrogen-bond donors (Lipinski definition) is 3. The lowest BCUT2D eigenvalue weighted by Crippen LogP contribution is -2.48. The number of carbonyl (C=O) groups excluding carboxylic acids is 6. The molecule has 0 aromatic rings. The van der Waals surface area contributed by atoms with Gasteiger partial charge in [-0.25, -0.2) is 43.7 Å². The van der Waals surface area contributed by atoms with Crippen LogP contribution in [0.1, 0.15) is 225 Å². The minimum atomic E-state index is -1.49. The smallest absolute Gasteiger partial charge is 0.408 e. The van der Waals surface area contributed by atoms with Crippen molar-refractivity contribution in [3.8, 4) is 0 Å². The highest BCUT2D eigenvalue weighted by atomic mass is 16.6. The maximum absolute atomic E-state index is 13.5. The Bertz CT molecular complexity index is 1490. The van der Waals surface area contributed by atoms with Crippen LogP contribution in [0, 0.1) is 35.5 Å². The summed E-state index contributed by atoms with van der Waals surface area (Å²) < 4.78 is 17.3. The first-order valence-corrected chi connectivity index (χ1v) is 27.4. The molecule has 0 rings (SSSR count). The van der Waals surface area contributed by atoms with E-state index in [2.05, 4.69) is 72.5 Å². The van der Waals surface area contributed by atoms with Crippen LogP contribution in [0.5, 0.6) is 0 Å². The fourth-order valence-electron chi connectivity index (χ4n) is 9.41. The monoisotopic (exact) mass is 989 g/mol. The third-order valence-corrected chi connectivity index (χ3v) is 14.5. The molecule has 0 aromatic carbocycles. The van der Waals surface area contributed by atoms with Crippen molar-refractivity contribution in [3.05, 3.63) is 0 Å². The summed E-state index contributed by atoms with van der Waals surface area (Å²) in [6, 6.07) is -0.482. The van der Waals surface area contributed by atoms with Crippen molar-refractivity contribution in [1.82, 2.24) is 16.0 Å². The maximum Gasteiger partial charge on any atom is 0.408 e. The van der Waals surface area contributed by atoms with Gasteiger partial charge in [-0.3, -0.25) is 0 Å². The first-order valence-electron chi connectivity index (χ1n) is 27.4. The molecule has 3 N–H and O–H groups in total. The van der Waals surface area contributed by atoms with Gasteiger partial charge in [-0.05, 0) is 179 Å². The van der Waals surface area contributed by atoms with Crippen LogP contribution in [0.2, 0.25) is 0 Å². The molecule has 12 atom stereocenters. The van der Waals surface area contributed by atoms with Crippen LogP contribution < -0.4 is 16.0 Å². The molecule has 0 radical (unpaired) electrons. The van der Waals surface area contributed by atoms with Gasteiger partial charge in [0, 0.05) is 18.1 Å². The van der Waals surface area contributed by atoms with E-state index in [4.69, 9.17) is 14.2 Å². The van der Waals surface area contributed by atoms with Crippen LogP contribution in [0.4, 0.5) is 14.4 Å². The number of ether oxygens (including phenoxy) is 3. The molecule has 0 spiro atoms. The van der Waals surface area contributed by atoms with Gasteiger partial charge in [-0.15, -0.1) is 0 Å². The highest BCUT2D eigenvalue weighted by Gasteiger charge is 2.34. The Balaban J connectivity index is 5.60. The average Bonchev–Trinajstić information content (AvgIpc) is 3.32. The minimum absolute atomic E-state index is 0.0186. The molecule has 15 heteroatoms. The Morgan fingerprint density at radius 1 is 0.429 bits per heavy atom. The molecule has 12 unspecified atom stereocenters. The van der Waals surface area contributed by atoms with Gasteiger partial charge < -0.3 is 30.2 Å². The van der Waals surface area contributed by atoms with Gasteiger partial charge in [-0.1, -0.05) is 81.6 Å². The molecule has 70 heavy (non-hydrogen) atoms. The molecule has 0 bridgehead atoms. The molecule has 3 amide bonds. The number of isocyanates is 3. The molecule has 0 fully saturated rings. The predicted molar refractivity (Wildman–Crippen MR) is 280 cm³/mol. The lowest BCUT2D eigenvalue weighted by molar-refractivity contribution is -0.0595. The van der Waals surface area contributed by atoms with E-state index in [0.29, 0.717) is 35.5 Å². The summed E-state index contributed by atoms with van der Waals surface area (Å²) in [6.07, 6.45) is 22.3. The van der Waals surface area contributed by atoms with Crippen LogP contribution in [-0.2, 0) is 28.6 Å². The third-order valence-electron chi connectivity index (χ3n) is 14.5. The molecule has 0 aliphatic carbocycles. The normalized spacial score (nSPS) is 17.3. The summed E-state index contributed by atoms with van der Waals surface area (Å²) in [5.74, 6) is 2.87. The Morgan fingerprint density at radius 2 is 0.714 bits per heavy atom. The summed E-state index contributed by atoms with van der Waals surface area (Å²) in [5, 5.41) is 8.80. The fraction of sp³-hybridized carbons (Fsp3) is 0.891. The van der Waals surface area contributed by atoms with Crippen LogP contribution in [0.15, 0.2) is 15.0 Å². The molecular weight excluding hydrogens is 889 g/mol. The van der Waals surface area contributed by atoms with Crippen LogP contribution >= 0.6 is 0 Å². The number of nitrogens with one attached hydrogen (secondary N) is 3. The topological polar surface area (TPSA) is 203 Å². The van der Waals surface area contributed by atoms with Crippen molar-refractivity contribution in [2.24, 2.45) is 50.5 Å². The predicted octanol–water partition coefficient (Wildman–Crippen LogP) is 13.3. The molecule has 0 aliphatic heterocycles. The Labute approximate surface area is 424 Å². The zero-order valence-corrected chi connectivity index (χ0v) is 46.2. The van der Waals surface area contributed by atoms with Crippen molar-refractivity contribution >= 4 is 36.5 Å². The largest absolute Gasteiger partial charge is 0.445 e. The number of carbonyl (C=O) groups is 3. The van der Waals surface area contributed by atoms with E-state index in [9.17, 15) is 28.8 Å². The van der Waals surface area contributed by atoms with Gasteiger partial charge in [0.1, 0.15) is 13.2 Å². The molecule has 0 heterocycles. The van der Waals surface area contributed by atoms with E-state index in [1.54, 1.807) is 25.2 Å². The van der Waals surface area contributed by atoms with Crippen molar-refractivity contribution in [3.63, 3.8) is 0 Å². The summed E-state index contributed by atoms with van der Waals surface area (Å²) >= 11 is 0. The molecule has 404 valence electrons. The number of alkyl carbamates (subject to hydrolysis) is 3. The van der Waals surface area contributed by atoms with Crippen molar-refractivity contribution in [1.29, 1.82) is 0 Å². The van der Waals surface area contributed by atoms with Gasteiger partial charge in [0.2, 0.25) is 18.2 Å². The molecule has 0 saturated carbocycles. The van der Waals surface area contributed by atoms with Crippen molar-refractivity contribution in [2.75, 3.05) is 13.2 Å². The summed E-state index contributed by atoms with van der Waals surface area (Å²) in [7, 11) is 0. The van der Waals surface area contributed by atoms with Crippen molar-refractivity contribution < 1.29 is 43.0 Å². The highest BCUT2D eigenvalue weighted by molar-refractivity contribution is 5.69. The zero-order valence-electron chi connectivity index (χ0n) is 46.2. The molecule has 0 aliphatic rings. The van der Waals surface area contributed by atoms with Gasteiger partial charge in [0.15, 0.2) is 5.60 Å². The quantitative estimate of drug-likeness (QED) is 0.0302. The lowest BCUT2D eigenvalue weighted by atomic mass is 9.86. The Kier molecular flexibility index (Phi) is 37.3. The second kappa shape index (κ2) is 39.6. The molecular formula is C55H100N6O9. The van der Waals surface area contributed by atoms with Gasteiger partial charge in [0.25, 0.3) is 0 Å². The first-order chi connectivity index (χ1) is 33.3. The number of rotatable bonds is 41. The summed E-state index contributed by atoms with van der Waals surface area (Å²) in [5.41, 5.74) is -1.49. The van der Waals surface area contributed by atoms with E-state index in [-0.39, 0.29) is 49.5 Å². The van der Waals surface area contributed by atoms with Crippen LogP contribution in [0.3, 0.4) is 0 Å². The fourth-order valence-corrected chi connectivity index (χ4v) is 9.41. The van der Waals surface area contributed by atoms with E-state index in [0.717, 1.165) is 135 Å². The summed E-state index contributed by atoms with van der Waals surface area (Å²) in [6.45, 7) is 26.1. The Hall–Kier alpha value is -4.05. The van der Waals surface area contributed by atoms with Gasteiger partial charge in [0.05, 0.1) is 18.1 Å². The highest BCUT2D eigenvalue weighted by Crippen LogP contribution is 2.28. The standard InChI is InChI=1S/C55H100N6O9/c1-14-46(32-40(7)20-29-49(17-4)56-37-62)26-23-43(10)59-52(65)68-35-55(13,70-54(67)61-45(12)25-28-48(16-3)34-42(9)22-31-51(19-6)58-39-64)36-69-53(66)60-44(11)24-27-47(15-2)33-41(8)21-30-50(18-5)57-38-63/h40-51H,14-36H2,1-13H3,(H,59,65)(H,60,66)(H,61,67). The SMILES string of the molecule is CCC(CCC(C)NC(=O)OCC(C)(COC(=O)NC(C)CCC(CC)CC(C)CCC(CC)N=C=O)OC(=O)NC(C)CCC(CC)CC(C)CCC(CC)N=C=O)CC(C)CCC(CC)N=C=O. The maximum atomic E-state index is 13.5. The van der Waals surface area contributed by atoms with Crippen molar-refractivity contribution in [2.45, 2.75) is 267 Å². The lowest BCUT2D eigenvalue weighted by Gasteiger charge is -2.30. The first kappa shape index (κ1) is 66.0. The van der Waals surface area contributed by atoms with Crippen LogP contribution in [0.25, 0.3) is 0 Å². The van der Waals surface area contributed by atoms with Gasteiger partial charge >= 0.3 is 18.3 Å². The van der Waals surface area contributed by atoms with Crippen LogP contribution in [-0.4, -0.2) is 91.6 Å². The van der Waals surface area contributed by atoms with E-state index >= 15 is 0 Å². The number of nitrogens with zero attached hydrogens (tertiary/aromatic N) is 3. The third kappa shape index (κ3) is 32.8. The number of aliphatic imine (C=N–C) groups is 3. The molecule has 0 saturated heterocycles.